The van der Waals surface area contributed by atoms with E-state index in [-0.39, 0.29) is 0 Å². The summed E-state index contributed by atoms with van der Waals surface area (Å²) in [6.45, 7) is 7.13. The highest BCUT2D eigenvalue weighted by molar-refractivity contribution is 5.84. The summed E-state index contributed by atoms with van der Waals surface area (Å²) < 4.78 is 7.81. The highest BCUT2D eigenvalue weighted by Crippen LogP contribution is 2.24. The van der Waals surface area contributed by atoms with Crippen LogP contribution in [-0.4, -0.2) is 11.2 Å². The van der Waals surface area contributed by atoms with Crippen LogP contribution >= 0.6 is 0 Å². The summed E-state index contributed by atoms with van der Waals surface area (Å²) in [6, 6.07) is 8.51. The van der Waals surface area contributed by atoms with Gasteiger partial charge in [-0.1, -0.05) is 12.1 Å². The third-order valence-electron chi connectivity index (χ3n) is 3.11. The fourth-order valence-corrected chi connectivity index (χ4v) is 2.28. The summed E-state index contributed by atoms with van der Waals surface area (Å²) >= 11 is 0. The molecule has 2 N–H and O–H groups in total. The van der Waals surface area contributed by atoms with Gasteiger partial charge < -0.3 is 15.0 Å². The Labute approximate surface area is 102 Å². The van der Waals surface area contributed by atoms with E-state index in [1.54, 1.807) is 0 Å². The van der Waals surface area contributed by atoms with Crippen molar-refractivity contribution in [3.05, 3.63) is 35.5 Å². The predicted octanol–water partition coefficient (Wildman–Crippen LogP) is 2.66. The summed E-state index contributed by atoms with van der Waals surface area (Å²) in [5, 5.41) is 1.26. The van der Waals surface area contributed by atoms with Crippen molar-refractivity contribution in [2.24, 2.45) is 5.73 Å². The average molecular weight is 232 g/mol. The van der Waals surface area contributed by atoms with Crippen molar-refractivity contribution >= 4 is 10.9 Å². The molecule has 0 fully saturated rings. The van der Waals surface area contributed by atoms with Gasteiger partial charge in [-0.15, -0.1) is 0 Å². The minimum absolute atomic E-state index is 0.582. The van der Waals surface area contributed by atoms with Gasteiger partial charge in [0.2, 0.25) is 0 Å². The van der Waals surface area contributed by atoms with E-state index in [4.69, 9.17) is 10.5 Å². The molecule has 0 bridgehead atoms. The molecular weight excluding hydrogens is 212 g/mol. The molecule has 2 aromatic rings. The van der Waals surface area contributed by atoms with Gasteiger partial charge in [0.15, 0.2) is 0 Å². The van der Waals surface area contributed by atoms with Gasteiger partial charge in [-0.2, -0.15) is 0 Å². The zero-order chi connectivity index (χ0) is 12.3. The molecule has 1 aromatic carbocycles. The lowest BCUT2D eigenvalue weighted by Crippen LogP contribution is -2.02. The second-order valence-corrected chi connectivity index (χ2v) is 4.07. The van der Waals surface area contributed by atoms with Crippen molar-refractivity contribution in [3.63, 3.8) is 0 Å². The van der Waals surface area contributed by atoms with E-state index in [0.717, 1.165) is 13.2 Å². The Balaban J connectivity index is 2.53. The average Bonchev–Trinajstić information content (AvgIpc) is 2.73. The highest BCUT2D eigenvalue weighted by atomic mass is 16.5. The Morgan fingerprint density at radius 1 is 1.29 bits per heavy atom. The molecular formula is C14H20N2O. The van der Waals surface area contributed by atoms with Crippen LogP contribution in [0.3, 0.4) is 0 Å². The summed E-state index contributed by atoms with van der Waals surface area (Å²) in [5.41, 5.74) is 9.46. The van der Waals surface area contributed by atoms with Gasteiger partial charge in [0.1, 0.15) is 0 Å². The first-order valence-electron chi connectivity index (χ1n) is 6.19. The van der Waals surface area contributed by atoms with Crippen LogP contribution in [0.5, 0.6) is 0 Å². The topological polar surface area (TPSA) is 40.2 Å². The van der Waals surface area contributed by atoms with E-state index >= 15 is 0 Å². The van der Waals surface area contributed by atoms with Crippen LogP contribution in [-0.2, 0) is 24.4 Å². The number of benzene rings is 1. The van der Waals surface area contributed by atoms with Crippen LogP contribution in [0.15, 0.2) is 24.3 Å². The van der Waals surface area contributed by atoms with E-state index in [1.807, 2.05) is 6.92 Å². The van der Waals surface area contributed by atoms with Crippen LogP contribution in [0.2, 0.25) is 0 Å². The van der Waals surface area contributed by atoms with Crippen LogP contribution < -0.4 is 5.73 Å². The van der Waals surface area contributed by atoms with Gasteiger partial charge in [0.05, 0.1) is 6.61 Å². The van der Waals surface area contributed by atoms with E-state index in [1.165, 1.54) is 22.2 Å². The molecule has 0 saturated carbocycles. The largest absolute Gasteiger partial charge is 0.376 e. The Hall–Kier alpha value is -1.32. The molecule has 1 heterocycles. The SMILES string of the molecule is CCOCc1cc2c(CN)cccc2n1CC. The Morgan fingerprint density at radius 2 is 2.12 bits per heavy atom. The number of fused-ring (bicyclic) bond motifs is 1. The third-order valence-corrected chi connectivity index (χ3v) is 3.11. The lowest BCUT2D eigenvalue weighted by Gasteiger charge is -2.07. The lowest BCUT2D eigenvalue weighted by atomic mass is 10.1. The van der Waals surface area contributed by atoms with Gasteiger partial charge in [-0.3, -0.25) is 0 Å². The van der Waals surface area contributed by atoms with Crippen LogP contribution in [0, 0.1) is 0 Å². The molecule has 17 heavy (non-hydrogen) atoms. The number of hydrogen-bond acceptors (Lipinski definition) is 2. The van der Waals surface area contributed by atoms with Gasteiger partial charge in [-0.25, -0.2) is 0 Å². The van der Waals surface area contributed by atoms with Gasteiger partial charge in [0, 0.05) is 36.3 Å². The van der Waals surface area contributed by atoms with Gasteiger partial charge in [0.25, 0.3) is 0 Å². The van der Waals surface area contributed by atoms with E-state index in [0.29, 0.717) is 13.2 Å². The predicted molar refractivity (Wildman–Crippen MR) is 70.8 cm³/mol. The molecule has 0 aliphatic carbocycles. The van der Waals surface area contributed by atoms with Crippen molar-refractivity contribution < 1.29 is 4.74 Å². The number of rotatable bonds is 5. The first-order valence-corrected chi connectivity index (χ1v) is 6.19. The molecule has 0 atom stereocenters. The maximum Gasteiger partial charge on any atom is 0.0867 e. The van der Waals surface area contributed by atoms with Crippen LogP contribution in [0.4, 0.5) is 0 Å². The van der Waals surface area contributed by atoms with Crippen molar-refractivity contribution in [2.75, 3.05) is 6.61 Å². The Bertz CT molecular complexity index is 502. The molecule has 0 spiro atoms. The molecule has 3 heteroatoms. The number of ether oxygens (including phenoxy) is 1. The Kier molecular flexibility index (Phi) is 3.82. The fraction of sp³-hybridized carbons (Fsp3) is 0.429. The smallest absolute Gasteiger partial charge is 0.0867 e. The second-order valence-electron chi connectivity index (χ2n) is 4.07. The molecule has 2 rings (SSSR count). The quantitative estimate of drug-likeness (QED) is 0.861. The minimum Gasteiger partial charge on any atom is -0.376 e. The van der Waals surface area contributed by atoms with Crippen molar-refractivity contribution in [2.45, 2.75) is 33.5 Å². The number of hydrogen-bond donors (Lipinski definition) is 1. The van der Waals surface area contributed by atoms with Gasteiger partial charge in [-0.05, 0) is 31.5 Å². The van der Waals surface area contributed by atoms with Crippen LogP contribution in [0.1, 0.15) is 25.1 Å². The summed E-state index contributed by atoms with van der Waals surface area (Å²) in [4.78, 5) is 0. The number of nitrogens with two attached hydrogens (primary N) is 1. The van der Waals surface area contributed by atoms with Crippen LogP contribution in [0.25, 0.3) is 10.9 Å². The molecule has 0 aliphatic heterocycles. The fourth-order valence-electron chi connectivity index (χ4n) is 2.28. The first kappa shape index (κ1) is 12.1. The molecule has 0 unspecified atom stereocenters. The summed E-state index contributed by atoms with van der Waals surface area (Å²) in [7, 11) is 0. The molecule has 0 amide bonds. The number of aromatic nitrogens is 1. The zero-order valence-corrected chi connectivity index (χ0v) is 10.6. The van der Waals surface area contributed by atoms with Crippen molar-refractivity contribution in [1.29, 1.82) is 0 Å². The summed E-state index contributed by atoms with van der Waals surface area (Å²) in [5.74, 6) is 0. The number of nitrogens with zero attached hydrogens (tertiary/aromatic N) is 1. The molecule has 92 valence electrons. The molecule has 0 radical (unpaired) electrons. The molecule has 1 aromatic heterocycles. The molecule has 3 nitrogen and oxygen atoms in total. The maximum atomic E-state index is 5.78. The molecule has 0 saturated heterocycles. The van der Waals surface area contributed by atoms with E-state index in [2.05, 4.69) is 35.8 Å². The maximum absolute atomic E-state index is 5.78. The molecule has 0 aliphatic rings. The first-order chi connectivity index (χ1) is 8.31. The Morgan fingerprint density at radius 3 is 2.76 bits per heavy atom. The summed E-state index contributed by atoms with van der Waals surface area (Å²) in [6.07, 6.45) is 0. The zero-order valence-electron chi connectivity index (χ0n) is 10.6. The normalized spacial score (nSPS) is 11.2. The highest BCUT2D eigenvalue weighted by Gasteiger charge is 2.09. The van der Waals surface area contributed by atoms with Gasteiger partial charge >= 0.3 is 0 Å². The third kappa shape index (κ3) is 2.21. The van der Waals surface area contributed by atoms with Crippen molar-refractivity contribution in [3.8, 4) is 0 Å². The minimum atomic E-state index is 0.582. The van der Waals surface area contributed by atoms with Crippen molar-refractivity contribution in [1.82, 2.24) is 4.57 Å². The van der Waals surface area contributed by atoms with E-state index < -0.39 is 0 Å². The lowest BCUT2D eigenvalue weighted by molar-refractivity contribution is 0.129. The van der Waals surface area contributed by atoms with E-state index in [9.17, 15) is 0 Å². The second kappa shape index (κ2) is 5.34. The standard InChI is InChI=1S/C14H20N2O/c1-3-16-12(10-17-4-2)8-13-11(9-15)6-5-7-14(13)16/h5-8H,3-4,9-10,15H2,1-2H3. The monoisotopic (exact) mass is 232 g/mol. The number of aryl methyl sites for hydroxylation is 1.